The maximum atomic E-state index is 11.6. The second kappa shape index (κ2) is 6.17. The number of rotatable bonds is 5. The van der Waals surface area contributed by atoms with Crippen LogP contribution in [0.25, 0.3) is 0 Å². The lowest BCUT2D eigenvalue weighted by Crippen LogP contribution is -2.39. The Kier molecular flexibility index (Phi) is 4.85. The highest BCUT2D eigenvalue weighted by Gasteiger charge is 2.17. The molecule has 0 saturated heterocycles. The Morgan fingerprint density at radius 3 is 2.47 bits per heavy atom. The Bertz CT molecular complexity index is 533. The molecule has 19 heavy (non-hydrogen) atoms. The van der Waals surface area contributed by atoms with Crippen LogP contribution in [0.2, 0.25) is 5.02 Å². The van der Waals surface area contributed by atoms with E-state index in [4.69, 9.17) is 28.2 Å². The maximum Gasteiger partial charge on any atom is 0.335 e. The monoisotopic (exact) mass is 285 g/mol. The van der Waals surface area contributed by atoms with Gasteiger partial charge in [0.05, 0.1) is 18.0 Å². The summed E-state index contributed by atoms with van der Waals surface area (Å²) in [7, 11) is 0. The van der Waals surface area contributed by atoms with E-state index in [-0.39, 0.29) is 22.7 Å². The van der Waals surface area contributed by atoms with Crippen molar-refractivity contribution in [3.8, 4) is 0 Å². The van der Waals surface area contributed by atoms with E-state index in [0.29, 0.717) is 0 Å². The predicted octanol–water partition coefficient (Wildman–Crippen LogP) is 0.179. The molecular weight excluding hydrogens is 274 g/mol. The summed E-state index contributed by atoms with van der Waals surface area (Å²) in [6.45, 7) is 0. The van der Waals surface area contributed by atoms with E-state index in [1.54, 1.807) is 0 Å². The van der Waals surface area contributed by atoms with Gasteiger partial charge in [-0.3, -0.25) is 9.59 Å². The van der Waals surface area contributed by atoms with E-state index >= 15 is 0 Å². The van der Waals surface area contributed by atoms with Gasteiger partial charge in [-0.05, 0) is 18.2 Å². The van der Waals surface area contributed by atoms with E-state index in [1.807, 2.05) is 0 Å². The van der Waals surface area contributed by atoms with Crippen LogP contribution in [-0.2, 0) is 9.59 Å². The Morgan fingerprint density at radius 1 is 1.32 bits per heavy atom. The molecule has 0 aromatic heterocycles. The first-order chi connectivity index (χ1) is 8.79. The molecular formula is C11H12ClN3O4. The molecule has 8 heteroatoms. The minimum Gasteiger partial charge on any atom is -0.478 e. The summed E-state index contributed by atoms with van der Waals surface area (Å²) in [6, 6.07) is 2.72. The van der Waals surface area contributed by atoms with E-state index in [1.165, 1.54) is 18.2 Å². The molecule has 0 aliphatic rings. The molecule has 0 bridgehead atoms. The van der Waals surface area contributed by atoms with Crippen LogP contribution < -0.4 is 16.8 Å². The standard InChI is InChI=1S/C11H12ClN3O4/c12-6-1-5(11(18)19)2-7(3-6)15-10(17)8(13)4-9(14)16/h1-3,8H,4,13H2,(H2,14,16)(H,15,17)(H,18,19). The van der Waals surface area contributed by atoms with Crippen molar-refractivity contribution in [2.45, 2.75) is 12.5 Å². The van der Waals surface area contributed by atoms with Crippen LogP contribution in [0.15, 0.2) is 18.2 Å². The third-order valence-electron chi connectivity index (χ3n) is 2.17. The zero-order valence-corrected chi connectivity index (χ0v) is 10.5. The van der Waals surface area contributed by atoms with Crippen LogP contribution in [0.3, 0.4) is 0 Å². The quantitative estimate of drug-likeness (QED) is 0.612. The van der Waals surface area contributed by atoms with Crippen molar-refractivity contribution in [3.05, 3.63) is 28.8 Å². The highest BCUT2D eigenvalue weighted by Crippen LogP contribution is 2.19. The molecule has 0 aliphatic heterocycles. The Morgan fingerprint density at radius 2 is 1.95 bits per heavy atom. The van der Waals surface area contributed by atoms with Crippen molar-refractivity contribution >= 4 is 35.1 Å². The summed E-state index contributed by atoms with van der Waals surface area (Å²) in [5.74, 6) is -2.54. The summed E-state index contributed by atoms with van der Waals surface area (Å²) in [4.78, 5) is 33.0. The van der Waals surface area contributed by atoms with Crippen LogP contribution in [0.1, 0.15) is 16.8 Å². The normalized spacial score (nSPS) is 11.7. The largest absolute Gasteiger partial charge is 0.478 e. The number of nitrogens with two attached hydrogens (primary N) is 2. The van der Waals surface area contributed by atoms with Gasteiger partial charge in [0, 0.05) is 10.7 Å². The highest BCUT2D eigenvalue weighted by atomic mass is 35.5. The van der Waals surface area contributed by atoms with Gasteiger partial charge in [0.25, 0.3) is 0 Å². The van der Waals surface area contributed by atoms with Crippen LogP contribution in [0.5, 0.6) is 0 Å². The Hall–Kier alpha value is -2.12. The second-order valence-electron chi connectivity index (χ2n) is 3.80. The van der Waals surface area contributed by atoms with Gasteiger partial charge in [-0.1, -0.05) is 11.6 Å². The number of anilines is 1. The number of nitrogens with one attached hydrogen (secondary N) is 1. The van der Waals surface area contributed by atoms with E-state index in [9.17, 15) is 14.4 Å². The fraction of sp³-hybridized carbons (Fsp3) is 0.182. The van der Waals surface area contributed by atoms with Gasteiger partial charge in [0.2, 0.25) is 11.8 Å². The maximum absolute atomic E-state index is 11.6. The predicted molar refractivity (Wildman–Crippen MR) is 68.8 cm³/mol. The molecule has 1 aromatic rings. The Balaban J connectivity index is 2.84. The summed E-state index contributed by atoms with van der Waals surface area (Å²) in [5.41, 5.74) is 10.5. The number of carbonyl (C=O) groups is 3. The van der Waals surface area contributed by atoms with Crippen molar-refractivity contribution in [2.24, 2.45) is 11.5 Å². The lowest BCUT2D eigenvalue weighted by Gasteiger charge is -2.11. The van der Waals surface area contributed by atoms with Crippen molar-refractivity contribution in [2.75, 3.05) is 5.32 Å². The van der Waals surface area contributed by atoms with Gasteiger partial charge in [0.1, 0.15) is 0 Å². The lowest BCUT2D eigenvalue weighted by atomic mass is 10.1. The molecule has 6 N–H and O–H groups in total. The minimum atomic E-state index is -1.18. The SMILES string of the molecule is NC(=O)CC(N)C(=O)Nc1cc(Cl)cc(C(=O)O)c1. The topological polar surface area (TPSA) is 136 Å². The van der Waals surface area contributed by atoms with E-state index in [2.05, 4.69) is 5.32 Å². The third kappa shape index (κ3) is 4.57. The first-order valence-electron chi connectivity index (χ1n) is 5.18. The fourth-order valence-corrected chi connectivity index (χ4v) is 1.56. The number of aromatic carboxylic acids is 1. The second-order valence-corrected chi connectivity index (χ2v) is 4.24. The molecule has 102 valence electrons. The molecule has 0 radical (unpaired) electrons. The molecule has 0 aliphatic carbocycles. The number of hydrogen-bond acceptors (Lipinski definition) is 4. The molecule has 1 rings (SSSR count). The van der Waals surface area contributed by atoms with Crippen LogP contribution in [-0.4, -0.2) is 28.9 Å². The molecule has 0 heterocycles. The number of hydrogen-bond donors (Lipinski definition) is 4. The van der Waals surface area contributed by atoms with Gasteiger partial charge in [-0.25, -0.2) is 4.79 Å². The zero-order valence-electron chi connectivity index (χ0n) is 9.72. The highest BCUT2D eigenvalue weighted by molar-refractivity contribution is 6.31. The summed E-state index contributed by atoms with van der Waals surface area (Å²) in [6.07, 6.45) is -0.307. The fourth-order valence-electron chi connectivity index (χ4n) is 1.33. The molecule has 1 unspecified atom stereocenters. The molecule has 2 amide bonds. The third-order valence-corrected chi connectivity index (χ3v) is 2.39. The van der Waals surface area contributed by atoms with Gasteiger partial charge < -0.3 is 21.9 Å². The van der Waals surface area contributed by atoms with Crippen molar-refractivity contribution in [1.29, 1.82) is 0 Å². The molecule has 0 fully saturated rings. The number of carboxylic acid groups (broad SMARTS) is 1. The number of benzene rings is 1. The van der Waals surface area contributed by atoms with E-state index in [0.717, 1.165) is 0 Å². The van der Waals surface area contributed by atoms with Crippen LogP contribution in [0.4, 0.5) is 5.69 Å². The van der Waals surface area contributed by atoms with Gasteiger partial charge in [0.15, 0.2) is 0 Å². The van der Waals surface area contributed by atoms with Crippen molar-refractivity contribution in [3.63, 3.8) is 0 Å². The first kappa shape index (κ1) is 14.9. The average molecular weight is 286 g/mol. The summed E-state index contributed by atoms with van der Waals surface area (Å²) >= 11 is 5.72. The van der Waals surface area contributed by atoms with Crippen molar-refractivity contribution < 1.29 is 19.5 Å². The molecule has 1 aromatic carbocycles. The van der Waals surface area contributed by atoms with Crippen molar-refractivity contribution in [1.82, 2.24) is 0 Å². The number of amides is 2. The number of carbonyl (C=O) groups excluding carboxylic acids is 2. The number of halogens is 1. The lowest BCUT2D eigenvalue weighted by molar-refractivity contribution is -0.123. The van der Waals surface area contributed by atoms with E-state index < -0.39 is 23.8 Å². The summed E-state index contributed by atoms with van der Waals surface area (Å²) in [5, 5.41) is 11.4. The van der Waals surface area contributed by atoms with Crippen LogP contribution >= 0.6 is 11.6 Å². The minimum absolute atomic E-state index is 0.0775. The molecule has 7 nitrogen and oxygen atoms in total. The van der Waals surface area contributed by atoms with Gasteiger partial charge >= 0.3 is 5.97 Å². The number of primary amides is 1. The Labute approximate surface area is 113 Å². The van der Waals surface area contributed by atoms with Gasteiger partial charge in [-0.2, -0.15) is 0 Å². The smallest absolute Gasteiger partial charge is 0.335 e. The zero-order chi connectivity index (χ0) is 14.6. The molecule has 0 saturated carbocycles. The summed E-state index contributed by atoms with van der Waals surface area (Å²) < 4.78 is 0. The average Bonchev–Trinajstić information content (AvgIpc) is 2.26. The first-order valence-corrected chi connectivity index (χ1v) is 5.56. The van der Waals surface area contributed by atoms with Crippen LogP contribution in [0, 0.1) is 0 Å². The molecule has 0 spiro atoms. The van der Waals surface area contributed by atoms with Gasteiger partial charge in [-0.15, -0.1) is 0 Å². The molecule has 1 atom stereocenters. The number of carboxylic acids is 1.